The van der Waals surface area contributed by atoms with Gasteiger partial charge in [-0.3, -0.25) is 0 Å². The number of hydrogen-bond donors (Lipinski definition) is 1. The third kappa shape index (κ3) is 2.60. The van der Waals surface area contributed by atoms with E-state index in [1.807, 2.05) is 50.2 Å². The van der Waals surface area contributed by atoms with Gasteiger partial charge >= 0.3 is 5.97 Å². The van der Waals surface area contributed by atoms with Gasteiger partial charge in [0.05, 0.1) is 12.7 Å². The number of aromatic nitrogens is 4. The maximum Gasteiger partial charge on any atom is 0.338 e. The van der Waals surface area contributed by atoms with E-state index in [-0.39, 0.29) is 5.97 Å². The number of rotatable bonds is 4. The van der Waals surface area contributed by atoms with Crippen molar-refractivity contribution in [1.29, 1.82) is 0 Å². The Morgan fingerprint density at radius 3 is 2.62 bits per heavy atom. The van der Waals surface area contributed by atoms with Crippen LogP contribution in [-0.2, 0) is 9.53 Å². The molecular weight excluding hydrogens is 308 g/mol. The van der Waals surface area contributed by atoms with Crippen molar-refractivity contribution in [1.82, 2.24) is 20.2 Å². The predicted octanol–water partition coefficient (Wildman–Crippen LogP) is 1.59. The van der Waals surface area contributed by atoms with Crippen molar-refractivity contribution in [2.75, 3.05) is 31.4 Å². The second-order valence-electron chi connectivity index (χ2n) is 5.70. The molecule has 8 heteroatoms. The zero-order valence-corrected chi connectivity index (χ0v) is 14.1. The minimum atomic E-state index is -0.421. The third-order valence-electron chi connectivity index (χ3n) is 4.08. The lowest BCUT2D eigenvalue weighted by Crippen LogP contribution is -2.30. The maximum atomic E-state index is 12.4. The van der Waals surface area contributed by atoms with Crippen molar-refractivity contribution in [2.45, 2.75) is 19.4 Å². The lowest BCUT2D eigenvalue weighted by molar-refractivity contribution is -0.136. The van der Waals surface area contributed by atoms with Gasteiger partial charge in [-0.2, -0.15) is 4.68 Å². The van der Waals surface area contributed by atoms with Crippen molar-refractivity contribution in [2.24, 2.45) is 0 Å². The van der Waals surface area contributed by atoms with E-state index in [9.17, 15) is 4.79 Å². The summed E-state index contributed by atoms with van der Waals surface area (Å²) >= 11 is 0. The van der Waals surface area contributed by atoms with Gasteiger partial charge < -0.3 is 15.0 Å². The number of esters is 1. The minimum Gasteiger partial charge on any atom is -0.466 e. The predicted molar refractivity (Wildman–Crippen MR) is 89.7 cm³/mol. The molecule has 0 amide bonds. The Labute approximate surface area is 140 Å². The van der Waals surface area contributed by atoms with Crippen LogP contribution in [0.4, 0.5) is 11.6 Å². The molecule has 1 aromatic carbocycles. The average Bonchev–Trinajstić information content (AvgIpc) is 3.07. The van der Waals surface area contributed by atoms with Crippen LogP contribution in [0.1, 0.15) is 24.9 Å². The first-order chi connectivity index (χ1) is 11.6. The summed E-state index contributed by atoms with van der Waals surface area (Å²) in [5.41, 5.74) is 3.29. The molecular formula is C16H20N6O2. The molecule has 0 spiro atoms. The summed E-state index contributed by atoms with van der Waals surface area (Å²) in [5, 5.41) is 14.9. The van der Waals surface area contributed by atoms with E-state index in [4.69, 9.17) is 4.74 Å². The molecule has 1 aliphatic heterocycles. The highest BCUT2D eigenvalue weighted by Crippen LogP contribution is 2.36. The number of fused-ring (bicyclic) bond motifs is 1. The van der Waals surface area contributed by atoms with Crippen LogP contribution in [-0.4, -0.2) is 47.4 Å². The zero-order valence-electron chi connectivity index (χ0n) is 14.1. The number of benzene rings is 1. The summed E-state index contributed by atoms with van der Waals surface area (Å²) in [5.74, 6) is 0.128. The van der Waals surface area contributed by atoms with Crippen molar-refractivity contribution in [3.05, 3.63) is 41.1 Å². The zero-order chi connectivity index (χ0) is 17.3. The van der Waals surface area contributed by atoms with Gasteiger partial charge in [0.15, 0.2) is 0 Å². The first-order valence-electron chi connectivity index (χ1n) is 7.70. The molecule has 0 saturated carbocycles. The first kappa shape index (κ1) is 16.0. The van der Waals surface area contributed by atoms with E-state index >= 15 is 0 Å². The summed E-state index contributed by atoms with van der Waals surface area (Å²) in [6.45, 7) is 1.97. The lowest BCUT2D eigenvalue weighted by atomic mass is 9.94. The number of allylic oxidation sites excluding steroid dienone is 1. The van der Waals surface area contributed by atoms with Crippen LogP contribution >= 0.6 is 0 Å². The van der Waals surface area contributed by atoms with Crippen LogP contribution in [0.25, 0.3) is 0 Å². The molecule has 0 saturated heterocycles. The second kappa shape index (κ2) is 6.31. The summed E-state index contributed by atoms with van der Waals surface area (Å²) < 4.78 is 6.61. The van der Waals surface area contributed by atoms with E-state index in [0.29, 0.717) is 17.9 Å². The number of methoxy groups -OCH3 is 1. The van der Waals surface area contributed by atoms with Crippen molar-refractivity contribution in [3.63, 3.8) is 0 Å². The normalized spacial score (nSPS) is 16.4. The van der Waals surface area contributed by atoms with E-state index in [2.05, 4.69) is 20.8 Å². The van der Waals surface area contributed by atoms with Crippen molar-refractivity contribution >= 4 is 17.6 Å². The molecule has 0 fully saturated rings. The number of anilines is 2. The van der Waals surface area contributed by atoms with Gasteiger partial charge in [-0.25, -0.2) is 4.79 Å². The monoisotopic (exact) mass is 328 g/mol. The number of carbonyl (C=O) groups excluding carboxylic acids is 1. The third-order valence-corrected chi connectivity index (χ3v) is 4.08. The number of carbonyl (C=O) groups is 1. The molecule has 0 bridgehead atoms. The molecule has 1 N–H and O–H groups in total. The van der Waals surface area contributed by atoms with Crippen molar-refractivity contribution in [3.8, 4) is 0 Å². The Morgan fingerprint density at radius 2 is 2.04 bits per heavy atom. The molecule has 1 aromatic heterocycles. The molecule has 8 nitrogen and oxygen atoms in total. The largest absolute Gasteiger partial charge is 0.466 e. The molecule has 1 aliphatic rings. The Balaban J connectivity index is 2.14. The van der Waals surface area contributed by atoms with E-state index in [1.54, 1.807) is 4.68 Å². The molecule has 2 aromatic rings. The summed E-state index contributed by atoms with van der Waals surface area (Å²) in [6.07, 6.45) is 0.642. The minimum absolute atomic E-state index is 0.387. The Kier molecular flexibility index (Phi) is 4.20. The fraction of sp³-hybridized carbons (Fsp3) is 0.375. The number of hydrogen-bond acceptors (Lipinski definition) is 7. The van der Waals surface area contributed by atoms with Crippen LogP contribution in [0, 0.1) is 0 Å². The van der Waals surface area contributed by atoms with Crippen LogP contribution < -0.4 is 10.2 Å². The van der Waals surface area contributed by atoms with Gasteiger partial charge in [0, 0.05) is 25.5 Å². The molecule has 2 heterocycles. The molecule has 126 valence electrons. The van der Waals surface area contributed by atoms with E-state index < -0.39 is 6.04 Å². The van der Waals surface area contributed by atoms with E-state index in [1.165, 1.54) is 7.11 Å². The molecule has 1 atom stereocenters. The number of tetrazole rings is 1. The molecule has 0 aliphatic carbocycles. The van der Waals surface area contributed by atoms with Gasteiger partial charge in [0.1, 0.15) is 6.04 Å². The quantitative estimate of drug-likeness (QED) is 0.853. The number of nitrogens with one attached hydrogen (secondary N) is 1. The number of nitrogens with zero attached hydrogens (tertiary/aromatic N) is 5. The highest BCUT2D eigenvalue weighted by atomic mass is 16.5. The first-order valence-corrected chi connectivity index (χ1v) is 7.70. The second-order valence-corrected chi connectivity index (χ2v) is 5.70. The summed E-state index contributed by atoms with van der Waals surface area (Å²) in [6, 6.07) is 7.54. The summed E-state index contributed by atoms with van der Waals surface area (Å²) in [4.78, 5) is 14.4. The SMILES string of the molecule is CCC1=C(C(=O)OC)[C@@H](c2ccc(N(C)C)cc2)n2nnnc2N1. The van der Waals surface area contributed by atoms with Crippen LogP contribution in [0.2, 0.25) is 0 Å². The van der Waals surface area contributed by atoms with Gasteiger partial charge in [-0.05, 0) is 34.5 Å². The van der Waals surface area contributed by atoms with Gasteiger partial charge in [-0.15, -0.1) is 0 Å². The molecule has 24 heavy (non-hydrogen) atoms. The summed E-state index contributed by atoms with van der Waals surface area (Å²) in [7, 11) is 5.34. The Morgan fingerprint density at radius 1 is 1.33 bits per heavy atom. The lowest BCUT2D eigenvalue weighted by Gasteiger charge is -2.28. The highest BCUT2D eigenvalue weighted by Gasteiger charge is 2.35. The van der Waals surface area contributed by atoms with E-state index in [0.717, 1.165) is 16.9 Å². The fourth-order valence-electron chi connectivity index (χ4n) is 2.83. The standard InChI is InChI=1S/C16H20N6O2/c1-5-12-13(15(23)24-4)14(22-16(17-12)18-19-20-22)10-6-8-11(9-7-10)21(2)3/h6-9,14H,5H2,1-4H3,(H,17,18,20)/t14-/m1/s1. The van der Waals surface area contributed by atoms with Crippen LogP contribution in [0.5, 0.6) is 0 Å². The number of ether oxygens (including phenoxy) is 1. The van der Waals surface area contributed by atoms with Crippen LogP contribution in [0.3, 0.4) is 0 Å². The highest BCUT2D eigenvalue weighted by molar-refractivity contribution is 5.92. The molecule has 0 unspecified atom stereocenters. The topological polar surface area (TPSA) is 85.2 Å². The Hall–Kier alpha value is -2.90. The van der Waals surface area contributed by atoms with Gasteiger partial charge in [0.25, 0.3) is 0 Å². The van der Waals surface area contributed by atoms with Gasteiger partial charge in [0.2, 0.25) is 5.95 Å². The average molecular weight is 328 g/mol. The fourth-order valence-corrected chi connectivity index (χ4v) is 2.83. The van der Waals surface area contributed by atoms with Crippen molar-refractivity contribution < 1.29 is 9.53 Å². The van der Waals surface area contributed by atoms with Crippen LogP contribution in [0.15, 0.2) is 35.5 Å². The molecule has 3 rings (SSSR count). The maximum absolute atomic E-state index is 12.4. The smallest absolute Gasteiger partial charge is 0.338 e. The Bertz CT molecular complexity index is 778. The van der Waals surface area contributed by atoms with Gasteiger partial charge in [-0.1, -0.05) is 24.2 Å². The molecule has 0 radical (unpaired) electrons.